The van der Waals surface area contributed by atoms with Gasteiger partial charge in [-0.1, -0.05) is 64.7 Å². The van der Waals surface area contributed by atoms with Crippen molar-refractivity contribution in [3.05, 3.63) is 0 Å². The molecule has 0 amide bonds. The number of nitrogens with two attached hydrogens (primary N) is 1. The van der Waals surface area contributed by atoms with Crippen LogP contribution in [-0.4, -0.2) is 30.8 Å². The fraction of sp³-hybridized carbons (Fsp3) is 1.00. The lowest BCUT2D eigenvalue weighted by Gasteiger charge is -2.11. The molecule has 0 spiro atoms. The van der Waals surface area contributed by atoms with Crippen LogP contribution in [0.3, 0.4) is 0 Å². The molecule has 0 aromatic rings. The van der Waals surface area contributed by atoms with Crippen LogP contribution in [0, 0.1) is 0 Å². The third-order valence-corrected chi connectivity index (χ3v) is 3.34. The first-order valence-corrected chi connectivity index (χ1v) is 7.90. The Kier molecular flexibility index (Phi) is 14.8. The minimum absolute atomic E-state index is 0.193. The van der Waals surface area contributed by atoms with Crippen molar-refractivity contribution >= 4 is 0 Å². The van der Waals surface area contributed by atoms with E-state index in [-0.39, 0.29) is 6.10 Å². The van der Waals surface area contributed by atoms with E-state index < -0.39 is 0 Å². The maximum absolute atomic E-state index is 9.67. The van der Waals surface area contributed by atoms with Crippen LogP contribution in [-0.2, 0) is 0 Å². The molecule has 3 heteroatoms. The monoisotopic (exact) mass is 258 g/mol. The minimum Gasteiger partial charge on any atom is -0.392 e. The van der Waals surface area contributed by atoms with Gasteiger partial charge in [-0.3, -0.25) is 0 Å². The second-order valence-corrected chi connectivity index (χ2v) is 5.26. The number of unbranched alkanes of at least 4 members (excludes halogenated alkanes) is 8. The van der Waals surface area contributed by atoms with Crippen LogP contribution >= 0.6 is 0 Å². The zero-order chi connectivity index (χ0) is 13.5. The molecule has 0 radical (unpaired) electrons. The Labute approximate surface area is 114 Å². The van der Waals surface area contributed by atoms with Gasteiger partial charge in [0.1, 0.15) is 0 Å². The van der Waals surface area contributed by atoms with Gasteiger partial charge in [0.05, 0.1) is 6.10 Å². The van der Waals surface area contributed by atoms with Crippen molar-refractivity contribution in [2.75, 3.05) is 19.6 Å². The second-order valence-electron chi connectivity index (χ2n) is 5.26. The molecule has 0 aliphatic rings. The average molecular weight is 258 g/mol. The van der Waals surface area contributed by atoms with Gasteiger partial charge >= 0.3 is 0 Å². The molecule has 1 unspecified atom stereocenters. The fourth-order valence-corrected chi connectivity index (χ4v) is 2.16. The predicted molar refractivity (Wildman–Crippen MR) is 79.8 cm³/mol. The summed E-state index contributed by atoms with van der Waals surface area (Å²) < 4.78 is 0. The topological polar surface area (TPSA) is 58.3 Å². The molecule has 0 aromatic heterocycles. The molecule has 110 valence electrons. The number of aliphatic hydroxyl groups is 1. The summed E-state index contributed by atoms with van der Waals surface area (Å²) in [6, 6.07) is 0. The summed E-state index contributed by atoms with van der Waals surface area (Å²) in [7, 11) is 0. The molecular formula is C15H34N2O. The van der Waals surface area contributed by atoms with Gasteiger partial charge in [0.15, 0.2) is 0 Å². The van der Waals surface area contributed by atoms with Crippen molar-refractivity contribution in [2.24, 2.45) is 5.73 Å². The van der Waals surface area contributed by atoms with Crippen molar-refractivity contribution in [3.63, 3.8) is 0 Å². The number of nitrogens with one attached hydrogen (secondary N) is 1. The molecule has 0 aliphatic carbocycles. The first kappa shape index (κ1) is 17.9. The van der Waals surface area contributed by atoms with Crippen LogP contribution in [0.1, 0.15) is 71.1 Å². The quantitative estimate of drug-likeness (QED) is 0.420. The number of aliphatic hydroxyl groups excluding tert-OH is 1. The van der Waals surface area contributed by atoms with Gasteiger partial charge in [-0.15, -0.1) is 0 Å². The highest BCUT2D eigenvalue weighted by Crippen LogP contribution is 2.11. The van der Waals surface area contributed by atoms with Gasteiger partial charge in [-0.25, -0.2) is 0 Å². The van der Waals surface area contributed by atoms with E-state index in [1.807, 2.05) is 0 Å². The zero-order valence-corrected chi connectivity index (χ0v) is 12.3. The van der Waals surface area contributed by atoms with Gasteiger partial charge in [0.2, 0.25) is 0 Å². The van der Waals surface area contributed by atoms with Gasteiger partial charge in [-0.05, 0) is 6.42 Å². The van der Waals surface area contributed by atoms with Gasteiger partial charge in [0, 0.05) is 19.6 Å². The van der Waals surface area contributed by atoms with Crippen LogP contribution in [0.5, 0.6) is 0 Å². The van der Waals surface area contributed by atoms with E-state index in [0.29, 0.717) is 13.1 Å². The Hall–Kier alpha value is -0.120. The lowest BCUT2D eigenvalue weighted by Crippen LogP contribution is -2.30. The van der Waals surface area contributed by atoms with E-state index in [2.05, 4.69) is 12.2 Å². The molecule has 0 saturated heterocycles. The second kappa shape index (κ2) is 14.9. The molecule has 0 rings (SSSR count). The number of hydrogen-bond donors (Lipinski definition) is 3. The van der Waals surface area contributed by atoms with Crippen molar-refractivity contribution < 1.29 is 5.11 Å². The summed E-state index contributed by atoms with van der Waals surface area (Å²) >= 11 is 0. The standard InChI is InChI=1S/C15H34N2O/c1-2-3-4-5-6-7-8-9-10-11-15(18)14-17-13-12-16/h15,17-18H,2-14,16H2,1H3. The Morgan fingerprint density at radius 1 is 0.944 bits per heavy atom. The van der Waals surface area contributed by atoms with Crippen LogP contribution in [0.15, 0.2) is 0 Å². The van der Waals surface area contributed by atoms with Gasteiger partial charge in [-0.2, -0.15) is 0 Å². The maximum Gasteiger partial charge on any atom is 0.0664 e. The predicted octanol–water partition coefficient (Wildman–Crippen LogP) is 2.82. The van der Waals surface area contributed by atoms with E-state index in [4.69, 9.17) is 5.73 Å². The molecule has 0 aliphatic heterocycles. The Morgan fingerprint density at radius 2 is 1.50 bits per heavy atom. The molecule has 0 heterocycles. The summed E-state index contributed by atoms with van der Waals surface area (Å²) in [5, 5.41) is 12.8. The highest BCUT2D eigenvalue weighted by atomic mass is 16.3. The highest BCUT2D eigenvalue weighted by molar-refractivity contribution is 4.60. The first-order valence-electron chi connectivity index (χ1n) is 7.90. The van der Waals surface area contributed by atoms with E-state index >= 15 is 0 Å². The molecule has 4 N–H and O–H groups in total. The smallest absolute Gasteiger partial charge is 0.0664 e. The summed E-state index contributed by atoms with van der Waals surface area (Å²) in [6.07, 6.45) is 12.8. The molecule has 0 saturated carbocycles. The van der Waals surface area contributed by atoms with E-state index in [1.54, 1.807) is 0 Å². The SMILES string of the molecule is CCCCCCCCCCCC(O)CNCCN. The first-order chi connectivity index (χ1) is 8.81. The van der Waals surface area contributed by atoms with Crippen LogP contribution in [0.2, 0.25) is 0 Å². The van der Waals surface area contributed by atoms with Gasteiger partial charge in [0.25, 0.3) is 0 Å². The average Bonchev–Trinajstić information content (AvgIpc) is 2.37. The molecule has 0 fully saturated rings. The minimum atomic E-state index is -0.193. The molecular weight excluding hydrogens is 224 g/mol. The van der Waals surface area contributed by atoms with Crippen LogP contribution in [0.4, 0.5) is 0 Å². The van der Waals surface area contributed by atoms with Crippen LogP contribution in [0.25, 0.3) is 0 Å². The molecule has 0 bridgehead atoms. The summed E-state index contributed by atoms with van der Waals surface area (Å²) in [5.74, 6) is 0. The largest absolute Gasteiger partial charge is 0.392 e. The summed E-state index contributed by atoms with van der Waals surface area (Å²) in [6.45, 7) is 4.39. The Morgan fingerprint density at radius 3 is 2.06 bits per heavy atom. The van der Waals surface area contributed by atoms with Crippen molar-refractivity contribution in [2.45, 2.75) is 77.2 Å². The van der Waals surface area contributed by atoms with E-state index in [1.165, 1.54) is 51.4 Å². The molecule has 0 aromatic carbocycles. The fourth-order valence-electron chi connectivity index (χ4n) is 2.16. The highest BCUT2D eigenvalue weighted by Gasteiger charge is 2.02. The normalized spacial score (nSPS) is 12.8. The molecule has 18 heavy (non-hydrogen) atoms. The zero-order valence-electron chi connectivity index (χ0n) is 12.3. The van der Waals surface area contributed by atoms with Crippen molar-refractivity contribution in [1.82, 2.24) is 5.32 Å². The Balaban J connectivity index is 3.05. The third kappa shape index (κ3) is 13.9. The van der Waals surface area contributed by atoms with Crippen molar-refractivity contribution in [3.8, 4) is 0 Å². The third-order valence-electron chi connectivity index (χ3n) is 3.34. The molecule has 3 nitrogen and oxygen atoms in total. The van der Waals surface area contributed by atoms with E-state index in [9.17, 15) is 5.11 Å². The number of rotatable bonds is 14. The lowest BCUT2D eigenvalue weighted by molar-refractivity contribution is 0.158. The summed E-state index contributed by atoms with van der Waals surface area (Å²) in [5.41, 5.74) is 5.37. The van der Waals surface area contributed by atoms with Crippen LogP contribution < -0.4 is 11.1 Å². The van der Waals surface area contributed by atoms with Gasteiger partial charge < -0.3 is 16.2 Å². The summed E-state index contributed by atoms with van der Waals surface area (Å²) in [4.78, 5) is 0. The number of hydrogen-bond acceptors (Lipinski definition) is 3. The Bertz CT molecular complexity index is 153. The van der Waals surface area contributed by atoms with E-state index in [0.717, 1.165) is 19.4 Å². The lowest BCUT2D eigenvalue weighted by atomic mass is 10.1. The maximum atomic E-state index is 9.67. The van der Waals surface area contributed by atoms with Crippen molar-refractivity contribution in [1.29, 1.82) is 0 Å². The molecule has 1 atom stereocenters.